The third kappa shape index (κ3) is 7.60. The molecule has 29 heavy (non-hydrogen) atoms. The van der Waals surface area contributed by atoms with Crippen molar-refractivity contribution in [3.05, 3.63) is 71.3 Å². The molecule has 1 heterocycles. The SMILES string of the molecule is CC(C)Cc1ccc(C(O)CCCCN2CCC(Cc3ccccc3)CC2)cc1. The Hall–Kier alpha value is -1.64. The van der Waals surface area contributed by atoms with Crippen molar-refractivity contribution in [1.82, 2.24) is 4.90 Å². The van der Waals surface area contributed by atoms with E-state index in [-0.39, 0.29) is 6.10 Å². The van der Waals surface area contributed by atoms with Crippen molar-refractivity contribution in [3.8, 4) is 0 Å². The number of piperidine rings is 1. The lowest BCUT2D eigenvalue weighted by Gasteiger charge is -2.32. The zero-order valence-corrected chi connectivity index (χ0v) is 18.4. The summed E-state index contributed by atoms with van der Waals surface area (Å²) >= 11 is 0. The van der Waals surface area contributed by atoms with E-state index in [4.69, 9.17) is 0 Å². The molecule has 1 aliphatic rings. The van der Waals surface area contributed by atoms with E-state index in [1.165, 1.54) is 56.4 Å². The van der Waals surface area contributed by atoms with Gasteiger partial charge in [-0.25, -0.2) is 0 Å². The van der Waals surface area contributed by atoms with E-state index in [1.807, 2.05) is 0 Å². The van der Waals surface area contributed by atoms with Crippen molar-refractivity contribution in [3.63, 3.8) is 0 Å². The first-order valence-corrected chi connectivity index (χ1v) is 11.6. The van der Waals surface area contributed by atoms with Crippen LogP contribution in [0.15, 0.2) is 54.6 Å². The smallest absolute Gasteiger partial charge is 0.0790 e. The van der Waals surface area contributed by atoms with Gasteiger partial charge in [-0.3, -0.25) is 0 Å². The van der Waals surface area contributed by atoms with Crippen LogP contribution in [0.1, 0.15) is 68.7 Å². The van der Waals surface area contributed by atoms with Crippen LogP contribution in [0, 0.1) is 11.8 Å². The summed E-state index contributed by atoms with van der Waals surface area (Å²) in [5.74, 6) is 1.52. The number of unbranched alkanes of at least 4 members (excludes halogenated alkanes) is 1. The molecule has 0 saturated carbocycles. The molecule has 1 N–H and O–H groups in total. The van der Waals surface area contributed by atoms with Gasteiger partial charge < -0.3 is 10.0 Å². The lowest BCUT2D eigenvalue weighted by molar-refractivity contribution is 0.153. The molecular weight excluding hydrogens is 354 g/mol. The highest BCUT2D eigenvalue weighted by Gasteiger charge is 2.19. The lowest BCUT2D eigenvalue weighted by atomic mass is 9.90. The van der Waals surface area contributed by atoms with Crippen LogP contribution < -0.4 is 0 Å². The number of aliphatic hydroxyl groups excluding tert-OH is 1. The Morgan fingerprint density at radius 3 is 2.24 bits per heavy atom. The van der Waals surface area contributed by atoms with Crippen molar-refractivity contribution in [2.75, 3.05) is 19.6 Å². The van der Waals surface area contributed by atoms with Crippen molar-refractivity contribution in [2.45, 2.75) is 64.9 Å². The molecule has 2 nitrogen and oxygen atoms in total. The van der Waals surface area contributed by atoms with Crippen LogP contribution in [0.4, 0.5) is 0 Å². The van der Waals surface area contributed by atoms with Gasteiger partial charge in [0.05, 0.1) is 6.10 Å². The maximum Gasteiger partial charge on any atom is 0.0790 e. The largest absolute Gasteiger partial charge is 0.388 e. The van der Waals surface area contributed by atoms with Gasteiger partial charge in [-0.05, 0) is 93.1 Å². The highest BCUT2D eigenvalue weighted by Crippen LogP contribution is 2.23. The van der Waals surface area contributed by atoms with E-state index < -0.39 is 0 Å². The molecule has 0 aromatic heterocycles. The number of benzene rings is 2. The topological polar surface area (TPSA) is 23.5 Å². The number of hydrogen-bond donors (Lipinski definition) is 1. The van der Waals surface area contributed by atoms with Gasteiger partial charge in [-0.15, -0.1) is 0 Å². The second-order valence-electron chi connectivity index (χ2n) is 9.33. The average Bonchev–Trinajstić information content (AvgIpc) is 2.73. The summed E-state index contributed by atoms with van der Waals surface area (Å²) in [5.41, 5.74) is 3.92. The van der Waals surface area contributed by atoms with Crippen molar-refractivity contribution in [1.29, 1.82) is 0 Å². The van der Waals surface area contributed by atoms with Crippen LogP contribution in [0.2, 0.25) is 0 Å². The fourth-order valence-corrected chi connectivity index (χ4v) is 4.55. The molecule has 1 atom stereocenters. The van der Waals surface area contributed by atoms with Crippen LogP contribution in [0.25, 0.3) is 0 Å². The Morgan fingerprint density at radius 2 is 1.59 bits per heavy atom. The Kier molecular flexibility index (Phi) is 8.76. The van der Waals surface area contributed by atoms with E-state index in [2.05, 4.69) is 73.3 Å². The number of hydrogen-bond acceptors (Lipinski definition) is 2. The Balaban J connectivity index is 1.30. The molecule has 1 saturated heterocycles. The maximum absolute atomic E-state index is 10.5. The minimum Gasteiger partial charge on any atom is -0.388 e. The molecule has 3 rings (SSSR count). The first-order valence-electron chi connectivity index (χ1n) is 11.6. The van der Waals surface area contributed by atoms with Gasteiger partial charge in [0.15, 0.2) is 0 Å². The molecule has 2 aromatic rings. The second-order valence-corrected chi connectivity index (χ2v) is 9.33. The van der Waals surface area contributed by atoms with E-state index in [0.717, 1.165) is 30.7 Å². The third-order valence-corrected chi connectivity index (χ3v) is 6.28. The summed E-state index contributed by atoms with van der Waals surface area (Å²) in [5, 5.41) is 10.5. The van der Waals surface area contributed by atoms with Crippen molar-refractivity contribution >= 4 is 0 Å². The normalized spacial score (nSPS) is 17.0. The van der Waals surface area contributed by atoms with Crippen LogP contribution >= 0.6 is 0 Å². The van der Waals surface area contributed by atoms with Gasteiger partial charge in [-0.2, -0.15) is 0 Å². The van der Waals surface area contributed by atoms with Gasteiger partial charge >= 0.3 is 0 Å². The fraction of sp³-hybridized carbons (Fsp3) is 0.556. The maximum atomic E-state index is 10.5. The molecule has 158 valence electrons. The molecule has 1 aliphatic heterocycles. The second kappa shape index (κ2) is 11.5. The van der Waals surface area contributed by atoms with Crippen LogP contribution in [-0.2, 0) is 12.8 Å². The molecule has 0 radical (unpaired) electrons. The monoisotopic (exact) mass is 393 g/mol. The molecule has 1 unspecified atom stereocenters. The van der Waals surface area contributed by atoms with Crippen molar-refractivity contribution in [2.24, 2.45) is 11.8 Å². The first-order chi connectivity index (χ1) is 14.1. The summed E-state index contributed by atoms with van der Waals surface area (Å²) in [4.78, 5) is 2.62. The minimum absolute atomic E-state index is 0.320. The molecule has 0 bridgehead atoms. The number of likely N-dealkylation sites (tertiary alicyclic amines) is 1. The average molecular weight is 394 g/mol. The van der Waals surface area contributed by atoms with Crippen LogP contribution in [-0.4, -0.2) is 29.6 Å². The van der Waals surface area contributed by atoms with Gasteiger partial charge in [0.2, 0.25) is 0 Å². The van der Waals surface area contributed by atoms with E-state index in [1.54, 1.807) is 0 Å². The van der Waals surface area contributed by atoms with Crippen LogP contribution in [0.5, 0.6) is 0 Å². The Labute approximate surface area is 178 Å². The summed E-state index contributed by atoms with van der Waals surface area (Å²) in [7, 11) is 0. The van der Waals surface area contributed by atoms with E-state index in [0.29, 0.717) is 5.92 Å². The number of aliphatic hydroxyl groups is 1. The number of nitrogens with zero attached hydrogens (tertiary/aromatic N) is 1. The predicted octanol–water partition coefficient (Wildman–Crippen LogP) is 6.04. The number of rotatable bonds is 10. The third-order valence-electron chi connectivity index (χ3n) is 6.28. The molecule has 0 aliphatic carbocycles. The summed E-state index contributed by atoms with van der Waals surface area (Å²) < 4.78 is 0. The molecule has 1 fully saturated rings. The van der Waals surface area contributed by atoms with Gasteiger partial charge in [0, 0.05) is 0 Å². The first kappa shape index (κ1) is 22.1. The summed E-state index contributed by atoms with van der Waals surface area (Å²) in [6.07, 6.45) is 7.81. The zero-order valence-electron chi connectivity index (χ0n) is 18.4. The highest BCUT2D eigenvalue weighted by atomic mass is 16.3. The van der Waals surface area contributed by atoms with Gasteiger partial charge in [0.1, 0.15) is 0 Å². The molecule has 0 spiro atoms. The minimum atomic E-state index is -0.320. The molecule has 0 amide bonds. The fourth-order valence-electron chi connectivity index (χ4n) is 4.55. The highest BCUT2D eigenvalue weighted by molar-refractivity contribution is 5.24. The standard InChI is InChI=1S/C27H39NO/c1-22(2)20-24-11-13-26(14-12-24)27(29)10-6-7-17-28-18-15-25(16-19-28)21-23-8-4-3-5-9-23/h3-5,8-9,11-14,22,25,27,29H,6-7,10,15-21H2,1-2H3. The van der Waals surface area contributed by atoms with Crippen LogP contribution in [0.3, 0.4) is 0 Å². The Morgan fingerprint density at radius 1 is 0.897 bits per heavy atom. The molecule has 2 heteroatoms. The zero-order chi connectivity index (χ0) is 20.5. The van der Waals surface area contributed by atoms with E-state index in [9.17, 15) is 5.11 Å². The lowest BCUT2D eigenvalue weighted by Crippen LogP contribution is -2.35. The molecule has 2 aromatic carbocycles. The van der Waals surface area contributed by atoms with Crippen molar-refractivity contribution < 1.29 is 5.11 Å². The Bertz CT molecular complexity index is 686. The molecular formula is C27H39NO. The predicted molar refractivity (Wildman–Crippen MR) is 123 cm³/mol. The van der Waals surface area contributed by atoms with Gasteiger partial charge in [-0.1, -0.05) is 68.4 Å². The summed E-state index contributed by atoms with van der Waals surface area (Å²) in [6.45, 7) is 8.13. The van der Waals surface area contributed by atoms with Gasteiger partial charge in [0.25, 0.3) is 0 Å². The quantitative estimate of drug-likeness (QED) is 0.497. The van der Waals surface area contributed by atoms with E-state index >= 15 is 0 Å². The summed E-state index contributed by atoms with van der Waals surface area (Å²) in [6, 6.07) is 19.5.